The summed E-state index contributed by atoms with van der Waals surface area (Å²) in [5.41, 5.74) is 6.56. The normalized spacial score (nSPS) is 10.8. The molecule has 0 fully saturated rings. The molecule has 5 nitrogen and oxygen atoms in total. The van der Waals surface area contributed by atoms with Crippen molar-refractivity contribution in [1.82, 2.24) is 10.2 Å². The number of nitrogen functional groups attached to an aromatic ring is 1. The van der Waals surface area contributed by atoms with E-state index in [-0.39, 0.29) is 11.4 Å². The number of hydrogen-bond acceptors (Lipinski definition) is 3. The number of carbonyl (C=O) groups excluding carboxylic acids is 1. The zero-order valence-electron chi connectivity index (χ0n) is 10.7. The maximum absolute atomic E-state index is 13.5. The SMILES string of the molecule is Nc1ccc2[nH]nc(C(=O)Nc3cc(F)ccc3F)c2c1. The Morgan fingerprint density at radius 2 is 2.00 bits per heavy atom. The molecular formula is C14H10F2N4O. The number of rotatable bonds is 2. The van der Waals surface area contributed by atoms with Gasteiger partial charge in [-0.25, -0.2) is 8.78 Å². The first-order valence-corrected chi connectivity index (χ1v) is 6.04. The molecule has 4 N–H and O–H groups in total. The van der Waals surface area contributed by atoms with Gasteiger partial charge in [0.15, 0.2) is 5.69 Å². The van der Waals surface area contributed by atoms with E-state index < -0.39 is 17.5 Å². The summed E-state index contributed by atoms with van der Waals surface area (Å²) in [6.45, 7) is 0. The molecule has 2 aromatic carbocycles. The van der Waals surface area contributed by atoms with Crippen molar-refractivity contribution in [3.63, 3.8) is 0 Å². The summed E-state index contributed by atoms with van der Waals surface area (Å²) >= 11 is 0. The highest BCUT2D eigenvalue weighted by Crippen LogP contribution is 2.21. The molecule has 0 saturated heterocycles. The van der Waals surface area contributed by atoms with Gasteiger partial charge in [-0.05, 0) is 30.3 Å². The third-order valence-corrected chi connectivity index (χ3v) is 2.98. The highest BCUT2D eigenvalue weighted by Gasteiger charge is 2.16. The van der Waals surface area contributed by atoms with E-state index in [1.54, 1.807) is 18.2 Å². The lowest BCUT2D eigenvalue weighted by Crippen LogP contribution is -2.14. The largest absolute Gasteiger partial charge is 0.399 e. The molecule has 21 heavy (non-hydrogen) atoms. The number of carbonyl (C=O) groups is 1. The van der Waals surface area contributed by atoms with Gasteiger partial charge in [-0.2, -0.15) is 5.10 Å². The van der Waals surface area contributed by atoms with Gasteiger partial charge in [0.25, 0.3) is 5.91 Å². The van der Waals surface area contributed by atoms with Crippen LogP contribution in [-0.4, -0.2) is 16.1 Å². The van der Waals surface area contributed by atoms with Crippen LogP contribution in [0.2, 0.25) is 0 Å². The second-order valence-corrected chi connectivity index (χ2v) is 4.46. The third-order valence-electron chi connectivity index (χ3n) is 2.98. The highest BCUT2D eigenvalue weighted by molar-refractivity contribution is 6.11. The molecule has 0 aliphatic carbocycles. The number of amides is 1. The number of nitrogens with zero attached hydrogens (tertiary/aromatic N) is 1. The fourth-order valence-electron chi connectivity index (χ4n) is 1.98. The lowest BCUT2D eigenvalue weighted by atomic mass is 10.2. The monoisotopic (exact) mass is 288 g/mol. The Morgan fingerprint density at radius 3 is 2.81 bits per heavy atom. The van der Waals surface area contributed by atoms with E-state index in [0.29, 0.717) is 16.6 Å². The van der Waals surface area contributed by atoms with Gasteiger partial charge in [0.05, 0.1) is 11.2 Å². The predicted octanol–water partition coefficient (Wildman–Crippen LogP) is 2.68. The van der Waals surface area contributed by atoms with Crippen molar-refractivity contribution in [2.24, 2.45) is 0 Å². The van der Waals surface area contributed by atoms with E-state index in [9.17, 15) is 13.6 Å². The van der Waals surface area contributed by atoms with Gasteiger partial charge in [-0.3, -0.25) is 9.89 Å². The van der Waals surface area contributed by atoms with Gasteiger partial charge < -0.3 is 11.1 Å². The fourth-order valence-corrected chi connectivity index (χ4v) is 1.98. The number of aromatic amines is 1. The van der Waals surface area contributed by atoms with Crippen LogP contribution in [0.15, 0.2) is 36.4 Å². The van der Waals surface area contributed by atoms with Gasteiger partial charge in [0.1, 0.15) is 11.6 Å². The molecule has 0 unspecified atom stereocenters. The standard InChI is InChI=1S/C14H10F2N4O/c15-7-1-3-10(16)12(5-7)18-14(21)13-9-6-8(17)2-4-11(9)19-20-13/h1-6H,17H2,(H,18,21)(H,19,20). The Hall–Kier alpha value is -2.96. The molecule has 3 aromatic rings. The number of nitrogens with two attached hydrogens (primary N) is 1. The van der Waals surface area contributed by atoms with Gasteiger partial charge in [0, 0.05) is 17.1 Å². The van der Waals surface area contributed by atoms with Gasteiger partial charge in [-0.15, -0.1) is 0 Å². The average molecular weight is 288 g/mol. The topological polar surface area (TPSA) is 83.8 Å². The number of anilines is 2. The van der Waals surface area contributed by atoms with Crippen molar-refractivity contribution >= 4 is 28.2 Å². The first-order valence-electron chi connectivity index (χ1n) is 6.04. The molecule has 0 aliphatic heterocycles. The van der Waals surface area contributed by atoms with Crippen LogP contribution in [0, 0.1) is 11.6 Å². The van der Waals surface area contributed by atoms with E-state index in [2.05, 4.69) is 15.5 Å². The quantitative estimate of drug-likeness (QED) is 0.634. The Morgan fingerprint density at radius 1 is 1.19 bits per heavy atom. The molecule has 106 valence electrons. The summed E-state index contributed by atoms with van der Waals surface area (Å²) in [5, 5.41) is 9.34. The number of fused-ring (bicyclic) bond motifs is 1. The highest BCUT2D eigenvalue weighted by atomic mass is 19.1. The Bertz CT molecular complexity index is 844. The average Bonchev–Trinajstić information content (AvgIpc) is 2.85. The van der Waals surface area contributed by atoms with Gasteiger partial charge in [-0.1, -0.05) is 0 Å². The number of hydrogen-bond donors (Lipinski definition) is 3. The second-order valence-electron chi connectivity index (χ2n) is 4.46. The number of H-pyrrole nitrogens is 1. The zero-order chi connectivity index (χ0) is 15.0. The van der Waals surface area contributed by atoms with Crippen LogP contribution in [0.4, 0.5) is 20.2 Å². The van der Waals surface area contributed by atoms with Gasteiger partial charge in [0.2, 0.25) is 0 Å². The molecule has 1 amide bonds. The molecule has 1 heterocycles. The molecule has 0 aliphatic rings. The van der Waals surface area contributed by atoms with Crippen LogP contribution < -0.4 is 11.1 Å². The van der Waals surface area contributed by atoms with Crippen molar-refractivity contribution < 1.29 is 13.6 Å². The number of nitrogens with one attached hydrogen (secondary N) is 2. The summed E-state index contributed by atoms with van der Waals surface area (Å²) in [7, 11) is 0. The summed E-state index contributed by atoms with van der Waals surface area (Å²) in [6.07, 6.45) is 0. The van der Waals surface area contributed by atoms with E-state index in [1.165, 1.54) is 0 Å². The van der Waals surface area contributed by atoms with Crippen LogP contribution in [-0.2, 0) is 0 Å². The minimum absolute atomic E-state index is 0.0564. The fraction of sp³-hybridized carbons (Fsp3) is 0. The number of aromatic nitrogens is 2. The zero-order valence-corrected chi connectivity index (χ0v) is 10.7. The molecule has 3 rings (SSSR count). The van der Waals surface area contributed by atoms with Crippen molar-refractivity contribution in [2.75, 3.05) is 11.1 Å². The summed E-state index contributed by atoms with van der Waals surface area (Å²) in [5.74, 6) is -2.04. The van der Waals surface area contributed by atoms with E-state index in [0.717, 1.165) is 18.2 Å². The van der Waals surface area contributed by atoms with Crippen LogP contribution in [0.25, 0.3) is 10.9 Å². The Balaban J connectivity index is 1.97. The van der Waals surface area contributed by atoms with E-state index in [1.807, 2.05) is 0 Å². The molecule has 0 spiro atoms. The predicted molar refractivity (Wildman–Crippen MR) is 74.8 cm³/mol. The first kappa shape index (κ1) is 13.0. The lowest BCUT2D eigenvalue weighted by molar-refractivity contribution is 0.102. The molecule has 0 saturated carbocycles. The van der Waals surface area contributed by atoms with E-state index >= 15 is 0 Å². The first-order chi connectivity index (χ1) is 10.0. The molecule has 1 aromatic heterocycles. The van der Waals surface area contributed by atoms with Crippen molar-refractivity contribution in [3.8, 4) is 0 Å². The second kappa shape index (κ2) is 4.86. The summed E-state index contributed by atoms with van der Waals surface area (Å²) in [6, 6.07) is 7.72. The number of benzene rings is 2. The maximum Gasteiger partial charge on any atom is 0.276 e. The van der Waals surface area contributed by atoms with Gasteiger partial charge >= 0.3 is 0 Å². The molecule has 0 bridgehead atoms. The Kier molecular flexibility index (Phi) is 3.02. The molecule has 0 radical (unpaired) electrons. The lowest BCUT2D eigenvalue weighted by Gasteiger charge is -2.05. The van der Waals surface area contributed by atoms with Crippen LogP contribution >= 0.6 is 0 Å². The van der Waals surface area contributed by atoms with Crippen molar-refractivity contribution in [3.05, 3.63) is 53.7 Å². The summed E-state index contributed by atoms with van der Waals surface area (Å²) in [4.78, 5) is 12.1. The molecular weight excluding hydrogens is 278 g/mol. The third kappa shape index (κ3) is 2.40. The smallest absolute Gasteiger partial charge is 0.276 e. The van der Waals surface area contributed by atoms with Crippen molar-refractivity contribution in [1.29, 1.82) is 0 Å². The van der Waals surface area contributed by atoms with Crippen molar-refractivity contribution in [2.45, 2.75) is 0 Å². The minimum atomic E-state index is -0.732. The minimum Gasteiger partial charge on any atom is -0.399 e. The van der Waals surface area contributed by atoms with Crippen LogP contribution in [0.5, 0.6) is 0 Å². The Labute approximate surface area is 117 Å². The molecule has 7 heteroatoms. The van der Waals surface area contributed by atoms with Crippen LogP contribution in [0.3, 0.4) is 0 Å². The molecule has 0 atom stereocenters. The summed E-state index contributed by atoms with van der Waals surface area (Å²) < 4.78 is 26.6. The number of halogens is 2. The van der Waals surface area contributed by atoms with Crippen LogP contribution in [0.1, 0.15) is 10.5 Å². The maximum atomic E-state index is 13.5. The van der Waals surface area contributed by atoms with E-state index in [4.69, 9.17) is 5.73 Å².